The minimum atomic E-state index is -0.614. The highest BCUT2D eigenvalue weighted by molar-refractivity contribution is 5.99. The molecule has 4 heteroatoms. The van der Waals surface area contributed by atoms with E-state index >= 15 is 0 Å². The van der Waals surface area contributed by atoms with Gasteiger partial charge in [-0.15, -0.1) is 0 Å². The van der Waals surface area contributed by atoms with E-state index in [4.69, 9.17) is 0 Å². The van der Waals surface area contributed by atoms with E-state index in [1.165, 1.54) is 12.5 Å². The molecule has 2 aromatic rings. The molecule has 1 aliphatic carbocycles. The zero-order chi connectivity index (χ0) is 16.8. The second-order valence-electron chi connectivity index (χ2n) is 6.28. The van der Waals surface area contributed by atoms with E-state index in [9.17, 15) is 9.59 Å². The zero-order valence-electron chi connectivity index (χ0n) is 13.6. The van der Waals surface area contributed by atoms with Gasteiger partial charge in [0, 0.05) is 14.0 Å². The van der Waals surface area contributed by atoms with Gasteiger partial charge >= 0.3 is 0 Å². The van der Waals surface area contributed by atoms with Crippen molar-refractivity contribution in [2.24, 2.45) is 0 Å². The van der Waals surface area contributed by atoms with Crippen LogP contribution in [0.4, 0.5) is 0 Å². The van der Waals surface area contributed by atoms with Crippen molar-refractivity contribution in [2.75, 3.05) is 7.05 Å². The fraction of sp³-hybridized carbons (Fsp3) is 0.200. The molecule has 1 N–H and O–H groups in total. The van der Waals surface area contributed by atoms with Crippen molar-refractivity contribution in [1.82, 2.24) is 10.2 Å². The fourth-order valence-electron chi connectivity index (χ4n) is 3.78. The number of carbonyl (C=O) groups is 2. The quantitative estimate of drug-likeness (QED) is 0.879. The predicted octanol–water partition coefficient (Wildman–Crippen LogP) is 2.77. The first kappa shape index (κ1) is 14.7. The average molecular weight is 318 g/mol. The third-order valence-corrected chi connectivity index (χ3v) is 4.78. The maximum atomic E-state index is 12.7. The van der Waals surface area contributed by atoms with Crippen LogP contribution in [0.15, 0.2) is 54.6 Å². The van der Waals surface area contributed by atoms with E-state index in [1.807, 2.05) is 30.3 Å². The highest BCUT2D eigenvalue weighted by Gasteiger charge is 2.39. The highest BCUT2D eigenvalue weighted by atomic mass is 16.2. The van der Waals surface area contributed by atoms with Crippen molar-refractivity contribution in [3.63, 3.8) is 0 Å². The largest absolute Gasteiger partial charge is 0.341 e. The lowest BCUT2D eigenvalue weighted by Gasteiger charge is -2.41. The van der Waals surface area contributed by atoms with Crippen LogP contribution in [0.2, 0.25) is 0 Å². The third-order valence-electron chi connectivity index (χ3n) is 4.78. The number of benzene rings is 2. The van der Waals surface area contributed by atoms with Gasteiger partial charge in [-0.25, -0.2) is 0 Å². The smallest absolute Gasteiger partial charge is 0.249 e. The minimum Gasteiger partial charge on any atom is -0.341 e. The number of likely N-dealkylation sites (N-methyl/N-ethyl adjacent to an activating group) is 1. The molecule has 0 radical (unpaired) electrons. The first-order chi connectivity index (χ1) is 11.6. The molecule has 24 heavy (non-hydrogen) atoms. The van der Waals surface area contributed by atoms with E-state index in [2.05, 4.69) is 29.6 Å². The lowest BCUT2D eigenvalue weighted by atomic mass is 9.76. The number of hydrogen-bond acceptors (Lipinski definition) is 2. The summed E-state index contributed by atoms with van der Waals surface area (Å²) < 4.78 is 0. The molecule has 0 spiro atoms. The molecular formula is C20H18N2O2. The number of amides is 2. The number of carbonyl (C=O) groups excluding carboxylic acids is 2. The zero-order valence-corrected chi connectivity index (χ0v) is 13.6. The Hall–Kier alpha value is -2.88. The van der Waals surface area contributed by atoms with Crippen molar-refractivity contribution in [2.45, 2.75) is 19.0 Å². The van der Waals surface area contributed by atoms with Crippen molar-refractivity contribution in [1.29, 1.82) is 0 Å². The second kappa shape index (κ2) is 5.34. The predicted molar refractivity (Wildman–Crippen MR) is 93.0 cm³/mol. The molecule has 4 rings (SSSR count). The standard InChI is InChI=1S/C20H18N2O2/c1-12(23)21-18-11-17-15-9-4-3-7-13(15)14-8-5-6-10-16(14)19(17)22(2)20(18)24/h3-11,18-19H,1-2H3,(H,21,23)/t18-,19+/m0/s1. The fourth-order valence-corrected chi connectivity index (χ4v) is 3.78. The third kappa shape index (κ3) is 2.07. The van der Waals surface area contributed by atoms with Crippen LogP contribution in [-0.4, -0.2) is 29.8 Å². The molecule has 2 amide bonds. The Labute approximate surface area is 140 Å². The number of nitrogens with zero attached hydrogens (tertiary/aromatic N) is 1. The van der Waals surface area contributed by atoms with E-state index in [0.717, 1.165) is 22.3 Å². The summed E-state index contributed by atoms with van der Waals surface area (Å²) in [6.07, 6.45) is 1.91. The van der Waals surface area contributed by atoms with Gasteiger partial charge in [-0.2, -0.15) is 0 Å². The van der Waals surface area contributed by atoms with Gasteiger partial charge in [0.1, 0.15) is 6.04 Å². The molecule has 0 saturated heterocycles. The minimum absolute atomic E-state index is 0.0897. The van der Waals surface area contributed by atoms with Crippen LogP contribution < -0.4 is 5.32 Å². The summed E-state index contributed by atoms with van der Waals surface area (Å²) in [4.78, 5) is 25.9. The number of hydrogen-bond donors (Lipinski definition) is 1. The molecule has 1 aliphatic heterocycles. The second-order valence-corrected chi connectivity index (χ2v) is 6.28. The lowest BCUT2D eigenvalue weighted by molar-refractivity contribution is -0.135. The number of nitrogens with one attached hydrogen (secondary N) is 1. The topological polar surface area (TPSA) is 49.4 Å². The van der Waals surface area contributed by atoms with Gasteiger partial charge < -0.3 is 10.2 Å². The summed E-state index contributed by atoms with van der Waals surface area (Å²) in [6, 6.07) is 15.7. The van der Waals surface area contributed by atoms with Crippen molar-refractivity contribution in [3.8, 4) is 11.1 Å². The Morgan fingerprint density at radius 1 is 1.00 bits per heavy atom. The van der Waals surface area contributed by atoms with Crippen molar-refractivity contribution in [3.05, 3.63) is 65.7 Å². The van der Waals surface area contributed by atoms with Crippen LogP contribution in [0, 0.1) is 0 Å². The van der Waals surface area contributed by atoms with Gasteiger partial charge in [0.25, 0.3) is 0 Å². The molecule has 0 unspecified atom stereocenters. The first-order valence-electron chi connectivity index (χ1n) is 8.02. The molecule has 4 nitrogen and oxygen atoms in total. The number of rotatable bonds is 1. The molecule has 1 heterocycles. The molecule has 2 aromatic carbocycles. The van der Waals surface area contributed by atoms with Crippen molar-refractivity contribution < 1.29 is 9.59 Å². The molecule has 0 fully saturated rings. The summed E-state index contributed by atoms with van der Waals surface area (Å²) in [6.45, 7) is 1.43. The molecule has 0 saturated carbocycles. The molecule has 0 aromatic heterocycles. The van der Waals surface area contributed by atoms with Crippen LogP contribution in [-0.2, 0) is 9.59 Å². The van der Waals surface area contributed by atoms with Gasteiger partial charge in [-0.05, 0) is 33.9 Å². The van der Waals surface area contributed by atoms with Gasteiger partial charge in [0.2, 0.25) is 11.8 Å². The van der Waals surface area contributed by atoms with Gasteiger partial charge in [-0.3, -0.25) is 9.59 Å². The van der Waals surface area contributed by atoms with E-state index in [-0.39, 0.29) is 17.9 Å². The van der Waals surface area contributed by atoms with Crippen LogP contribution >= 0.6 is 0 Å². The molecule has 120 valence electrons. The average Bonchev–Trinajstić information content (AvgIpc) is 2.59. The SMILES string of the molecule is CC(=O)N[C@H]1C=C2c3ccccc3-c3ccccc3[C@H]2N(C)C1=O. The molecule has 2 atom stereocenters. The first-order valence-corrected chi connectivity index (χ1v) is 8.02. The summed E-state index contributed by atoms with van der Waals surface area (Å²) in [7, 11) is 1.81. The highest BCUT2D eigenvalue weighted by Crippen LogP contribution is 2.49. The molecule has 2 aliphatic rings. The normalized spacial score (nSPS) is 21.3. The Bertz CT molecular complexity index is 885. The van der Waals surface area contributed by atoms with Crippen LogP contribution in [0.25, 0.3) is 16.7 Å². The summed E-state index contributed by atoms with van der Waals surface area (Å²) in [5, 5.41) is 2.74. The number of fused-ring (bicyclic) bond motifs is 6. The Balaban J connectivity index is 1.96. The summed E-state index contributed by atoms with van der Waals surface area (Å²) >= 11 is 0. The maximum Gasteiger partial charge on any atom is 0.249 e. The van der Waals surface area contributed by atoms with Gasteiger partial charge in [-0.1, -0.05) is 48.5 Å². The Kier molecular flexibility index (Phi) is 3.27. The van der Waals surface area contributed by atoms with E-state index < -0.39 is 6.04 Å². The van der Waals surface area contributed by atoms with Gasteiger partial charge in [0.15, 0.2) is 0 Å². The van der Waals surface area contributed by atoms with E-state index in [0.29, 0.717) is 0 Å². The summed E-state index contributed by atoms with van der Waals surface area (Å²) in [5.74, 6) is -0.297. The molecular weight excluding hydrogens is 300 g/mol. The monoisotopic (exact) mass is 318 g/mol. The van der Waals surface area contributed by atoms with Crippen LogP contribution in [0.5, 0.6) is 0 Å². The van der Waals surface area contributed by atoms with Crippen molar-refractivity contribution >= 4 is 17.4 Å². The van der Waals surface area contributed by atoms with E-state index in [1.54, 1.807) is 11.9 Å². The lowest BCUT2D eigenvalue weighted by Crippen LogP contribution is -2.50. The Morgan fingerprint density at radius 2 is 1.62 bits per heavy atom. The summed E-state index contributed by atoms with van der Waals surface area (Å²) in [5.41, 5.74) is 5.65. The molecule has 0 bridgehead atoms. The Morgan fingerprint density at radius 3 is 2.33 bits per heavy atom. The van der Waals surface area contributed by atoms with Gasteiger partial charge in [0.05, 0.1) is 6.04 Å². The van der Waals surface area contributed by atoms with Crippen LogP contribution in [0.1, 0.15) is 24.1 Å². The van der Waals surface area contributed by atoms with Crippen LogP contribution in [0.3, 0.4) is 0 Å². The maximum absolute atomic E-state index is 12.7.